The maximum Gasteiger partial charge on any atom is 0.358 e. The molecule has 3 rings (SSSR count). The molecule has 206 valence electrons. The number of thioether (sulfide) groups is 1. The molecule has 0 saturated carbocycles. The van der Waals surface area contributed by atoms with Crippen molar-refractivity contribution >= 4 is 63.7 Å². The van der Waals surface area contributed by atoms with Crippen LogP contribution in [-0.2, 0) is 43.0 Å². The normalized spacial score (nSPS) is 19.2. The molecule has 1 fully saturated rings. The lowest BCUT2D eigenvalue weighted by atomic mass is 9.98. The number of ether oxygens (including phenoxy) is 3. The van der Waals surface area contributed by atoms with E-state index in [1.807, 2.05) is 0 Å². The Morgan fingerprint density at radius 2 is 1.95 bits per heavy atom. The monoisotopic (exact) mass is 569 g/mol. The summed E-state index contributed by atoms with van der Waals surface area (Å²) in [5.41, 5.74) is 5.00. The Labute approximate surface area is 225 Å². The number of fused-ring (bicyclic) bond motifs is 1. The molecule has 0 bridgehead atoms. The summed E-state index contributed by atoms with van der Waals surface area (Å²) in [5.74, 6) is -3.26. The van der Waals surface area contributed by atoms with Crippen LogP contribution in [0.3, 0.4) is 0 Å². The van der Waals surface area contributed by atoms with Crippen LogP contribution in [0.2, 0.25) is 0 Å². The van der Waals surface area contributed by atoms with Gasteiger partial charge in [-0.25, -0.2) is 9.78 Å². The summed E-state index contributed by atoms with van der Waals surface area (Å²) < 4.78 is 15.1. The molecule has 1 unspecified atom stereocenters. The number of carbonyl (C=O) groups excluding carboxylic acids is 5. The van der Waals surface area contributed by atoms with Gasteiger partial charge in [0.05, 0.1) is 5.41 Å². The van der Waals surface area contributed by atoms with E-state index in [-0.39, 0.29) is 34.6 Å². The number of oxime groups is 1. The van der Waals surface area contributed by atoms with Crippen molar-refractivity contribution in [3.63, 3.8) is 0 Å². The second-order valence-electron chi connectivity index (χ2n) is 9.02. The highest BCUT2D eigenvalue weighted by molar-refractivity contribution is 8.00. The second-order valence-corrected chi connectivity index (χ2v) is 11.0. The SMILES string of the molecule is CON=C(C(=O)NC1C(=O)N2C(C(=O)OCOC(=O)C(C)(C)C)=C(COC(C)=O)CS[C@@H]12)c1csc(N)n1. The van der Waals surface area contributed by atoms with Crippen LogP contribution in [0.25, 0.3) is 0 Å². The fourth-order valence-electron chi connectivity index (χ4n) is 3.29. The van der Waals surface area contributed by atoms with Crippen molar-refractivity contribution in [3.05, 3.63) is 22.3 Å². The van der Waals surface area contributed by atoms with Gasteiger partial charge in [0.15, 0.2) is 10.8 Å². The van der Waals surface area contributed by atoms with Gasteiger partial charge < -0.3 is 30.1 Å². The lowest BCUT2D eigenvalue weighted by Crippen LogP contribution is -2.71. The molecule has 3 heterocycles. The summed E-state index contributed by atoms with van der Waals surface area (Å²) in [4.78, 5) is 72.3. The quantitative estimate of drug-likeness (QED) is 0.137. The number of hydrogen-bond donors (Lipinski definition) is 2. The molecule has 0 radical (unpaired) electrons. The lowest BCUT2D eigenvalue weighted by molar-refractivity contribution is -0.173. The number of nitrogens with two attached hydrogens (primary N) is 1. The van der Waals surface area contributed by atoms with Crippen molar-refractivity contribution in [2.75, 3.05) is 32.0 Å². The minimum absolute atomic E-state index is 0.143. The maximum absolute atomic E-state index is 13.1. The maximum atomic E-state index is 13.1. The van der Waals surface area contributed by atoms with Gasteiger partial charge in [-0.05, 0) is 20.8 Å². The Hall–Kier alpha value is -3.66. The third-order valence-electron chi connectivity index (χ3n) is 5.13. The number of nitrogens with one attached hydrogen (secondary N) is 1. The molecule has 1 aromatic rings. The van der Waals surface area contributed by atoms with Crippen LogP contribution in [0, 0.1) is 5.41 Å². The standard InChI is InChI=1S/C22H27N5O9S2/c1-10(28)34-6-11-7-37-18-14(25-16(29)13(26-33-5)12-8-38-21(23)24-12)17(30)27(18)15(11)19(31)35-9-36-20(32)22(2,3)4/h8,14,18H,6-7,9H2,1-5H3,(H2,23,24)(H,25,29)/t14?,18-/m0/s1. The van der Waals surface area contributed by atoms with Gasteiger partial charge in [-0.2, -0.15) is 0 Å². The number of nitrogen functional groups attached to an aromatic ring is 1. The van der Waals surface area contributed by atoms with Crippen molar-refractivity contribution in [1.82, 2.24) is 15.2 Å². The summed E-state index contributed by atoms with van der Waals surface area (Å²) in [6, 6.07) is -1.01. The van der Waals surface area contributed by atoms with Crippen LogP contribution in [0.5, 0.6) is 0 Å². The van der Waals surface area contributed by atoms with Crippen molar-refractivity contribution in [3.8, 4) is 0 Å². The number of nitrogens with zero attached hydrogens (tertiary/aromatic N) is 3. The Bertz CT molecular complexity index is 1200. The predicted octanol–water partition coefficient (Wildman–Crippen LogP) is 0.383. The van der Waals surface area contributed by atoms with Crippen molar-refractivity contribution in [2.45, 2.75) is 39.1 Å². The van der Waals surface area contributed by atoms with Gasteiger partial charge in [0, 0.05) is 23.6 Å². The highest BCUT2D eigenvalue weighted by atomic mass is 32.2. The Morgan fingerprint density at radius 1 is 1.24 bits per heavy atom. The van der Waals surface area contributed by atoms with E-state index in [4.69, 9.17) is 24.8 Å². The largest absolute Gasteiger partial charge is 0.461 e. The van der Waals surface area contributed by atoms with Crippen LogP contribution in [0.15, 0.2) is 21.8 Å². The van der Waals surface area contributed by atoms with Crippen molar-refractivity contribution in [2.24, 2.45) is 10.6 Å². The average molecular weight is 570 g/mol. The van der Waals surface area contributed by atoms with E-state index < -0.39 is 53.3 Å². The first-order valence-electron chi connectivity index (χ1n) is 11.1. The number of amides is 2. The molecule has 1 aromatic heterocycles. The number of aromatic nitrogens is 1. The van der Waals surface area contributed by atoms with Crippen LogP contribution in [0.4, 0.5) is 5.13 Å². The first-order valence-corrected chi connectivity index (χ1v) is 13.1. The van der Waals surface area contributed by atoms with E-state index >= 15 is 0 Å². The summed E-state index contributed by atoms with van der Waals surface area (Å²) in [7, 11) is 1.25. The van der Waals surface area contributed by atoms with Crippen LogP contribution in [0.1, 0.15) is 33.4 Å². The average Bonchev–Trinajstić information content (AvgIpc) is 3.28. The lowest BCUT2D eigenvalue weighted by Gasteiger charge is -2.49. The molecule has 2 aliphatic rings. The third kappa shape index (κ3) is 6.42. The van der Waals surface area contributed by atoms with E-state index in [2.05, 4.69) is 15.5 Å². The summed E-state index contributed by atoms with van der Waals surface area (Å²) >= 11 is 2.35. The van der Waals surface area contributed by atoms with Crippen molar-refractivity contribution in [1.29, 1.82) is 0 Å². The first-order chi connectivity index (χ1) is 17.8. The zero-order valence-corrected chi connectivity index (χ0v) is 22.9. The van der Waals surface area contributed by atoms with E-state index in [9.17, 15) is 24.0 Å². The number of anilines is 1. The predicted molar refractivity (Wildman–Crippen MR) is 135 cm³/mol. The minimum atomic E-state index is -1.01. The molecule has 14 nitrogen and oxygen atoms in total. The van der Waals surface area contributed by atoms with E-state index in [1.54, 1.807) is 20.8 Å². The molecule has 2 aliphatic heterocycles. The first kappa shape index (κ1) is 28.9. The second kappa shape index (κ2) is 11.8. The fourth-order valence-corrected chi connectivity index (χ4v) is 5.17. The number of thiazole rings is 1. The molecule has 0 aliphatic carbocycles. The molecule has 0 spiro atoms. The smallest absolute Gasteiger partial charge is 0.358 e. The zero-order valence-electron chi connectivity index (χ0n) is 21.3. The fraction of sp³-hybridized carbons (Fsp3) is 0.500. The molecule has 2 amide bonds. The van der Waals surface area contributed by atoms with Gasteiger partial charge in [0.2, 0.25) is 6.79 Å². The highest BCUT2D eigenvalue weighted by Gasteiger charge is 2.55. The number of carbonyl (C=O) groups is 5. The Balaban J connectivity index is 1.77. The summed E-state index contributed by atoms with van der Waals surface area (Å²) in [6.07, 6.45) is 0. The van der Waals surface area contributed by atoms with Crippen LogP contribution >= 0.6 is 23.1 Å². The van der Waals surface area contributed by atoms with Gasteiger partial charge in [-0.3, -0.25) is 24.1 Å². The number of rotatable bonds is 9. The number of hydrogen-bond acceptors (Lipinski definition) is 14. The van der Waals surface area contributed by atoms with Gasteiger partial charge in [0.25, 0.3) is 11.8 Å². The summed E-state index contributed by atoms with van der Waals surface area (Å²) in [5, 5.41) is 7.35. The van der Waals surface area contributed by atoms with Crippen molar-refractivity contribution < 1.29 is 43.0 Å². The summed E-state index contributed by atoms with van der Waals surface area (Å²) in [6.45, 7) is 5.20. The molecule has 16 heteroatoms. The number of esters is 3. The molecular weight excluding hydrogens is 542 g/mol. The molecule has 2 atom stereocenters. The van der Waals surface area contributed by atoms with Gasteiger partial charge in [0.1, 0.15) is 36.5 Å². The highest BCUT2D eigenvalue weighted by Crippen LogP contribution is 2.40. The van der Waals surface area contributed by atoms with Crippen LogP contribution in [-0.4, -0.2) is 83.0 Å². The molecule has 0 aromatic carbocycles. The minimum Gasteiger partial charge on any atom is -0.461 e. The van der Waals surface area contributed by atoms with Crippen LogP contribution < -0.4 is 11.1 Å². The van der Waals surface area contributed by atoms with E-state index in [1.165, 1.54) is 31.2 Å². The van der Waals surface area contributed by atoms with Gasteiger partial charge in [-0.15, -0.1) is 23.1 Å². The Kier molecular flexibility index (Phi) is 8.98. The Morgan fingerprint density at radius 3 is 2.53 bits per heavy atom. The molecule has 3 N–H and O–H groups in total. The number of β-lactam (4-membered cyclic amide) rings is 1. The molecule has 38 heavy (non-hydrogen) atoms. The molecule has 1 saturated heterocycles. The zero-order chi connectivity index (χ0) is 28.2. The van der Waals surface area contributed by atoms with Gasteiger partial charge >= 0.3 is 17.9 Å². The van der Waals surface area contributed by atoms with Gasteiger partial charge in [-0.1, -0.05) is 5.16 Å². The van der Waals surface area contributed by atoms with E-state index in [0.29, 0.717) is 5.57 Å². The van der Waals surface area contributed by atoms with E-state index in [0.717, 1.165) is 16.2 Å². The molecular formula is C22H27N5O9S2. The third-order valence-corrected chi connectivity index (χ3v) is 7.15. The topological polar surface area (TPSA) is 189 Å².